The summed E-state index contributed by atoms with van der Waals surface area (Å²) in [5.74, 6) is 1.42. The first kappa shape index (κ1) is 18.3. The fourth-order valence-corrected chi connectivity index (χ4v) is 2.90. The smallest absolute Gasteiger partial charge is 0.223 e. The molecular weight excluding hydrogens is 330 g/mol. The molecule has 6 heteroatoms. The fraction of sp³-hybridized carbons (Fsp3) is 0.450. The molecule has 0 aliphatic carbocycles. The van der Waals surface area contributed by atoms with Gasteiger partial charge in [0.05, 0.1) is 13.0 Å². The second kappa shape index (κ2) is 8.76. The van der Waals surface area contributed by atoms with Crippen LogP contribution in [0.2, 0.25) is 0 Å². The van der Waals surface area contributed by atoms with Gasteiger partial charge in [-0.25, -0.2) is 9.97 Å². The van der Waals surface area contributed by atoms with Crippen molar-refractivity contribution in [3.63, 3.8) is 0 Å². The van der Waals surface area contributed by atoms with Crippen molar-refractivity contribution in [3.8, 4) is 5.75 Å². The maximum Gasteiger partial charge on any atom is 0.223 e. The van der Waals surface area contributed by atoms with E-state index < -0.39 is 5.60 Å². The van der Waals surface area contributed by atoms with Gasteiger partial charge in [-0.2, -0.15) is 0 Å². The molecule has 1 aliphatic rings. The van der Waals surface area contributed by atoms with Crippen LogP contribution >= 0.6 is 0 Å². The van der Waals surface area contributed by atoms with E-state index in [4.69, 9.17) is 9.47 Å². The molecule has 3 rings (SSSR count). The van der Waals surface area contributed by atoms with Gasteiger partial charge in [-0.1, -0.05) is 18.2 Å². The molecule has 0 spiro atoms. The van der Waals surface area contributed by atoms with Crippen LogP contribution in [0.3, 0.4) is 0 Å². The van der Waals surface area contributed by atoms with Crippen molar-refractivity contribution in [1.82, 2.24) is 15.3 Å². The Bertz CT molecular complexity index is 698. The Labute approximate surface area is 154 Å². The van der Waals surface area contributed by atoms with Crippen LogP contribution in [0.5, 0.6) is 5.75 Å². The molecule has 0 radical (unpaired) electrons. The second-order valence-corrected chi connectivity index (χ2v) is 6.64. The molecule has 138 valence electrons. The summed E-state index contributed by atoms with van der Waals surface area (Å²) in [5.41, 5.74) is 0.472. The van der Waals surface area contributed by atoms with Crippen molar-refractivity contribution >= 4 is 5.91 Å². The lowest BCUT2D eigenvalue weighted by Gasteiger charge is -2.32. The monoisotopic (exact) mass is 355 g/mol. The van der Waals surface area contributed by atoms with Gasteiger partial charge >= 0.3 is 0 Å². The van der Waals surface area contributed by atoms with E-state index in [1.54, 1.807) is 12.4 Å². The summed E-state index contributed by atoms with van der Waals surface area (Å²) in [7, 11) is 0. The molecule has 1 fully saturated rings. The summed E-state index contributed by atoms with van der Waals surface area (Å²) in [6.07, 6.45) is 6.97. The molecule has 26 heavy (non-hydrogen) atoms. The van der Waals surface area contributed by atoms with Crippen LogP contribution in [-0.2, 0) is 21.7 Å². The third-order valence-corrected chi connectivity index (χ3v) is 4.48. The number of hydrogen-bond acceptors (Lipinski definition) is 5. The molecule has 0 bridgehead atoms. The highest BCUT2D eigenvalue weighted by Gasteiger charge is 2.32. The molecule has 0 unspecified atom stereocenters. The Hall–Kier alpha value is -2.47. The maximum atomic E-state index is 11.9. The van der Waals surface area contributed by atoms with E-state index in [9.17, 15) is 4.79 Å². The Morgan fingerprint density at radius 1 is 1.23 bits per heavy atom. The topological polar surface area (TPSA) is 73.3 Å². The Morgan fingerprint density at radius 3 is 2.69 bits per heavy atom. The van der Waals surface area contributed by atoms with E-state index in [1.165, 1.54) is 0 Å². The van der Waals surface area contributed by atoms with Gasteiger partial charge in [-0.3, -0.25) is 4.79 Å². The van der Waals surface area contributed by atoms with Crippen molar-refractivity contribution in [1.29, 1.82) is 0 Å². The van der Waals surface area contributed by atoms with E-state index in [0.29, 0.717) is 25.4 Å². The average Bonchev–Trinajstić information content (AvgIpc) is 2.68. The summed E-state index contributed by atoms with van der Waals surface area (Å²) < 4.78 is 11.4. The van der Waals surface area contributed by atoms with E-state index >= 15 is 0 Å². The van der Waals surface area contributed by atoms with E-state index in [2.05, 4.69) is 15.3 Å². The SMILES string of the molecule is C[C@]1(c2ncc(CNC(=O)CCOc3ccccc3)cn2)CCCCO1. The van der Waals surface area contributed by atoms with Gasteiger partial charge < -0.3 is 14.8 Å². The number of carbonyl (C=O) groups excluding carboxylic acids is 1. The van der Waals surface area contributed by atoms with Gasteiger partial charge in [0.1, 0.15) is 11.4 Å². The lowest BCUT2D eigenvalue weighted by Crippen LogP contribution is -2.32. The highest BCUT2D eigenvalue weighted by molar-refractivity contribution is 5.75. The normalized spacial score (nSPS) is 19.7. The maximum absolute atomic E-state index is 11.9. The number of para-hydroxylation sites is 1. The van der Waals surface area contributed by atoms with Crippen LogP contribution in [0.4, 0.5) is 0 Å². The van der Waals surface area contributed by atoms with Crippen molar-refractivity contribution in [2.75, 3.05) is 13.2 Å². The van der Waals surface area contributed by atoms with Gasteiger partial charge in [0.25, 0.3) is 0 Å². The largest absolute Gasteiger partial charge is 0.493 e. The number of nitrogens with zero attached hydrogens (tertiary/aromatic N) is 2. The third-order valence-electron chi connectivity index (χ3n) is 4.48. The number of ether oxygens (including phenoxy) is 2. The molecular formula is C20H25N3O3. The van der Waals surface area contributed by atoms with E-state index in [1.807, 2.05) is 37.3 Å². The molecule has 2 aromatic rings. The van der Waals surface area contributed by atoms with Crippen LogP contribution in [0.15, 0.2) is 42.7 Å². The quantitative estimate of drug-likeness (QED) is 0.826. The number of carbonyl (C=O) groups is 1. The standard InChI is InChI=1S/C20H25N3O3/c1-20(10-5-6-11-26-20)19-22-14-16(15-23-19)13-21-18(24)9-12-25-17-7-3-2-4-8-17/h2-4,7-8,14-15H,5-6,9-13H2,1H3,(H,21,24)/t20-/m1/s1. The van der Waals surface area contributed by atoms with Gasteiger partial charge in [-0.05, 0) is 38.3 Å². The predicted molar refractivity (Wildman–Crippen MR) is 97.6 cm³/mol. The van der Waals surface area contributed by atoms with Crippen molar-refractivity contribution < 1.29 is 14.3 Å². The molecule has 1 aliphatic heterocycles. The summed E-state index contributed by atoms with van der Waals surface area (Å²) in [6.45, 7) is 3.54. The molecule has 1 N–H and O–H groups in total. The zero-order chi connectivity index (χ0) is 18.2. The van der Waals surface area contributed by atoms with Crippen LogP contribution in [-0.4, -0.2) is 29.1 Å². The molecule has 1 atom stereocenters. The zero-order valence-corrected chi connectivity index (χ0v) is 15.1. The Kier molecular flexibility index (Phi) is 6.17. The number of hydrogen-bond donors (Lipinski definition) is 1. The highest BCUT2D eigenvalue weighted by Crippen LogP contribution is 2.32. The minimum atomic E-state index is -0.394. The number of aromatic nitrogens is 2. The Morgan fingerprint density at radius 2 is 2.00 bits per heavy atom. The molecule has 1 aromatic carbocycles. The first-order valence-electron chi connectivity index (χ1n) is 9.06. The van der Waals surface area contributed by atoms with Crippen LogP contribution in [0, 0.1) is 0 Å². The highest BCUT2D eigenvalue weighted by atomic mass is 16.5. The number of nitrogens with one attached hydrogen (secondary N) is 1. The van der Waals surface area contributed by atoms with Gasteiger partial charge in [0.2, 0.25) is 5.91 Å². The van der Waals surface area contributed by atoms with Gasteiger partial charge in [-0.15, -0.1) is 0 Å². The molecule has 1 saturated heterocycles. The summed E-state index contributed by atoms with van der Waals surface area (Å²) in [4.78, 5) is 20.8. The van der Waals surface area contributed by atoms with Crippen molar-refractivity contribution in [3.05, 3.63) is 54.1 Å². The third kappa shape index (κ3) is 5.02. The molecule has 2 heterocycles. The van der Waals surface area contributed by atoms with E-state index in [0.717, 1.165) is 37.2 Å². The lowest BCUT2D eigenvalue weighted by atomic mass is 9.95. The minimum Gasteiger partial charge on any atom is -0.493 e. The number of benzene rings is 1. The van der Waals surface area contributed by atoms with Crippen LogP contribution in [0.25, 0.3) is 0 Å². The molecule has 1 amide bonds. The van der Waals surface area contributed by atoms with Crippen molar-refractivity contribution in [2.45, 2.75) is 44.8 Å². The van der Waals surface area contributed by atoms with Crippen LogP contribution in [0.1, 0.15) is 44.0 Å². The Balaban J connectivity index is 1.42. The first-order chi connectivity index (χ1) is 12.7. The first-order valence-corrected chi connectivity index (χ1v) is 9.06. The second-order valence-electron chi connectivity index (χ2n) is 6.64. The lowest BCUT2D eigenvalue weighted by molar-refractivity contribution is -0.121. The summed E-state index contributed by atoms with van der Waals surface area (Å²) in [6, 6.07) is 9.46. The molecule has 0 saturated carbocycles. The predicted octanol–water partition coefficient (Wildman–Crippen LogP) is 2.98. The zero-order valence-electron chi connectivity index (χ0n) is 15.1. The van der Waals surface area contributed by atoms with Gasteiger partial charge in [0, 0.05) is 31.1 Å². The summed E-state index contributed by atoms with van der Waals surface area (Å²) >= 11 is 0. The van der Waals surface area contributed by atoms with Crippen molar-refractivity contribution in [2.24, 2.45) is 0 Å². The minimum absolute atomic E-state index is 0.0624. The van der Waals surface area contributed by atoms with E-state index in [-0.39, 0.29) is 5.91 Å². The van der Waals surface area contributed by atoms with Gasteiger partial charge in [0.15, 0.2) is 5.82 Å². The molecule has 6 nitrogen and oxygen atoms in total. The summed E-state index contributed by atoms with van der Waals surface area (Å²) in [5, 5.41) is 2.86. The molecule has 1 aromatic heterocycles. The fourth-order valence-electron chi connectivity index (χ4n) is 2.90. The number of rotatable bonds is 7. The average molecular weight is 355 g/mol. The number of amides is 1. The van der Waals surface area contributed by atoms with Crippen LogP contribution < -0.4 is 10.1 Å².